The number of aryl methyl sites for hydroxylation is 1. The fourth-order valence-corrected chi connectivity index (χ4v) is 4.88. The molecule has 0 spiro atoms. The van der Waals surface area contributed by atoms with E-state index in [9.17, 15) is 0 Å². The zero-order valence-corrected chi connectivity index (χ0v) is 16.3. The summed E-state index contributed by atoms with van der Waals surface area (Å²) in [5.41, 5.74) is 6.37. The molecule has 0 aliphatic carbocycles. The molecule has 0 N–H and O–H groups in total. The number of benzene rings is 1. The minimum absolute atomic E-state index is 1.04. The first kappa shape index (κ1) is 16.6. The van der Waals surface area contributed by atoms with Crippen LogP contribution in [0.2, 0.25) is 0 Å². The van der Waals surface area contributed by atoms with Crippen molar-refractivity contribution < 1.29 is 0 Å². The SMILES string of the molecule is CC(C)=C1c2ccccc2N=C(N2CCN(C)CC2)c2cc(C)sc21. The average Bonchev–Trinajstić information content (AvgIpc) is 2.89. The van der Waals surface area contributed by atoms with Gasteiger partial charge in [0.25, 0.3) is 0 Å². The second-order valence-corrected chi connectivity index (χ2v) is 8.47. The van der Waals surface area contributed by atoms with Crippen LogP contribution >= 0.6 is 11.3 Å². The van der Waals surface area contributed by atoms with Gasteiger partial charge in [-0.15, -0.1) is 11.3 Å². The third-order valence-electron chi connectivity index (χ3n) is 5.03. The Bertz CT molecular complexity index is 863. The van der Waals surface area contributed by atoms with E-state index >= 15 is 0 Å². The predicted octanol–water partition coefficient (Wildman–Crippen LogP) is 4.54. The zero-order valence-electron chi connectivity index (χ0n) is 15.5. The van der Waals surface area contributed by atoms with Crippen LogP contribution in [0.25, 0.3) is 5.57 Å². The number of thiophene rings is 1. The normalized spacial score (nSPS) is 17.7. The van der Waals surface area contributed by atoms with Gasteiger partial charge in [-0.25, -0.2) is 4.99 Å². The van der Waals surface area contributed by atoms with Gasteiger partial charge in [-0.05, 0) is 40.0 Å². The number of aliphatic imine (C=N–C) groups is 1. The van der Waals surface area contributed by atoms with Gasteiger partial charge in [0, 0.05) is 52.6 Å². The molecule has 4 rings (SSSR count). The molecule has 1 aromatic heterocycles. The summed E-state index contributed by atoms with van der Waals surface area (Å²) in [5, 5.41) is 0. The molecule has 130 valence electrons. The highest BCUT2D eigenvalue weighted by Gasteiger charge is 2.28. The van der Waals surface area contributed by atoms with Crippen molar-refractivity contribution in [3.8, 4) is 0 Å². The summed E-state index contributed by atoms with van der Waals surface area (Å²) in [5.74, 6) is 1.15. The molecule has 0 bridgehead atoms. The lowest BCUT2D eigenvalue weighted by atomic mass is 9.97. The van der Waals surface area contributed by atoms with E-state index in [2.05, 4.69) is 68.0 Å². The Balaban J connectivity index is 1.93. The maximum absolute atomic E-state index is 5.17. The van der Waals surface area contributed by atoms with Crippen LogP contribution in [0.15, 0.2) is 40.9 Å². The Morgan fingerprint density at radius 3 is 2.48 bits per heavy atom. The maximum atomic E-state index is 5.17. The highest BCUT2D eigenvalue weighted by Crippen LogP contribution is 2.42. The Kier molecular flexibility index (Phi) is 4.26. The first-order valence-corrected chi connectivity index (χ1v) is 9.76. The third kappa shape index (κ3) is 2.94. The molecule has 0 saturated carbocycles. The number of hydrogen-bond donors (Lipinski definition) is 0. The molecule has 3 heterocycles. The van der Waals surface area contributed by atoms with Crippen LogP contribution in [0.3, 0.4) is 0 Å². The summed E-state index contributed by atoms with van der Waals surface area (Å²) < 4.78 is 0. The second kappa shape index (κ2) is 6.43. The van der Waals surface area contributed by atoms with Crippen molar-refractivity contribution in [3.05, 3.63) is 56.8 Å². The van der Waals surface area contributed by atoms with Crippen LogP contribution < -0.4 is 0 Å². The van der Waals surface area contributed by atoms with Gasteiger partial charge < -0.3 is 9.80 Å². The summed E-state index contributed by atoms with van der Waals surface area (Å²) in [6.45, 7) is 10.9. The van der Waals surface area contributed by atoms with E-state index < -0.39 is 0 Å². The minimum Gasteiger partial charge on any atom is -0.353 e. The topological polar surface area (TPSA) is 18.8 Å². The predicted molar refractivity (Wildman–Crippen MR) is 108 cm³/mol. The largest absolute Gasteiger partial charge is 0.353 e. The molecule has 2 aliphatic rings. The molecule has 0 unspecified atom stereocenters. The van der Waals surface area contributed by atoms with Gasteiger partial charge in [0.05, 0.1) is 5.69 Å². The van der Waals surface area contributed by atoms with E-state index in [-0.39, 0.29) is 0 Å². The number of hydrogen-bond acceptors (Lipinski definition) is 4. The van der Waals surface area contributed by atoms with Crippen LogP contribution in [0, 0.1) is 6.92 Å². The van der Waals surface area contributed by atoms with Crippen molar-refractivity contribution in [2.45, 2.75) is 20.8 Å². The van der Waals surface area contributed by atoms with Gasteiger partial charge >= 0.3 is 0 Å². The molecule has 3 nitrogen and oxygen atoms in total. The summed E-state index contributed by atoms with van der Waals surface area (Å²) in [4.78, 5) is 12.8. The lowest BCUT2D eigenvalue weighted by Crippen LogP contribution is -2.47. The van der Waals surface area contributed by atoms with Gasteiger partial charge in [-0.3, -0.25) is 0 Å². The van der Waals surface area contributed by atoms with E-state index in [4.69, 9.17) is 4.99 Å². The van der Waals surface area contributed by atoms with Crippen molar-refractivity contribution >= 4 is 28.4 Å². The van der Waals surface area contributed by atoms with Crippen molar-refractivity contribution in [1.29, 1.82) is 0 Å². The Hall–Kier alpha value is -1.91. The van der Waals surface area contributed by atoms with Crippen LogP contribution in [0.1, 0.15) is 34.7 Å². The lowest BCUT2D eigenvalue weighted by molar-refractivity contribution is 0.216. The Morgan fingerprint density at radius 2 is 1.76 bits per heavy atom. The fraction of sp³-hybridized carbons (Fsp3) is 0.381. The van der Waals surface area contributed by atoms with Gasteiger partial charge in [-0.1, -0.05) is 23.8 Å². The van der Waals surface area contributed by atoms with Crippen molar-refractivity contribution in [1.82, 2.24) is 9.80 Å². The molecule has 1 saturated heterocycles. The second-order valence-electron chi connectivity index (χ2n) is 7.22. The Labute approximate surface area is 154 Å². The average molecular weight is 352 g/mol. The molecule has 1 aromatic carbocycles. The van der Waals surface area contributed by atoms with Gasteiger partial charge in [-0.2, -0.15) is 0 Å². The number of likely N-dealkylation sites (N-methyl/N-ethyl adjacent to an activating group) is 1. The maximum Gasteiger partial charge on any atom is 0.138 e. The van der Waals surface area contributed by atoms with Crippen LogP contribution in [0.5, 0.6) is 0 Å². The molecule has 0 atom stereocenters. The van der Waals surface area contributed by atoms with Gasteiger partial charge in [0.15, 0.2) is 0 Å². The summed E-state index contributed by atoms with van der Waals surface area (Å²) in [6.07, 6.45) is 0. The highest BCUT2D eigenvalue weighted by molar-refractivity contribution is 7.13. The summed E-state index contributed by atoms with van der Waals surface area (Å²) in [7, 11) is 2.20. The molecule has 1 fully saturated rings. The molecule has 25 heavy (non-hydrogen) atoms. The molecular formula is C21H25N3S. The quantitative estimate of drug-likeness (QED) is 0.694. The van der Waals surface area contributed by atoms with E-state index in [1.807, 2.05) is 11.3 Å². The molecule has 2 aliphatic heterocycles. The van der Waals surface area contributed by atoms with Crippen LogP contribution in [0.4, 0.5) is 5.69 Å². The monoisotopic (exact) mass is 351 g/mol. The lowest BCUT2D eigenvalue weighted by Gasteiger charge is -2.34. The van der Waals surface area contributed by atoms with E-state index in [0.717, 1.165) is 37.7 Å². The standard InChI is InChI=1S/C21H25N3S/c1-14(2)19-16-7-5-6-8-18(16)22-21(17-13-15(3)25-20(17)19)24-11-9-23(4)10-12-24/h5-8,13H,9-12H2,1-4H3. The Morgan fingerprint density at radius 1 is 1.04 bits per heavy atom. The van der Waals surface area contributed by atoms with Gasteiger partial charge in [0.2, 0.25) is 0 Å². The molecule has 0 amide bonds. The molecule has 2 aromatic rings. The van der Waals surface area contributed by atoms with E-state index in [1.54, 1.807) is 0 Å². The van der Waals surface area contributed by atoms with Crippen LogP contribution in [-0.2, 0) is 0 Å². The number of para-hydroxylation sites is 1. The zero-order chi connectivity index (χ0) is 17.6. The number of rotatable bonds is 0. The number of piperazine rings is 1. The van der Waals surface area contributed by atoms with Crippen molar-refractivity contribution in [2.24, 2.45) is 4.99 Å². The van der Waals surface area contributed by atoms with E-state index in [1.165, 1.54) is 32.0 Å². The smallest absolute Gasteiger partial charge is 0.138 e. The number of fused-ring (bicyclic) bond motifs is 2. The molecule has 0 radical (unpaired) electrons. The van der Waals surface area contributed by atoms with Crippen molar-refractivity contribution in [2.75, 3.05) is 33.2 Å². The highest BCUT2D eigenvalue weighted by atomic mass is 32.1. The number of allylic oxidation sites excluding steroid dienone is 1. The first-order valence-electron chi connectivity index (χ1n) is 8.95. The molecular weight excluding hydrogens is 326 g/mol. The first-order chi connectivity index (χ1) is 12.0. The molecule has 4 heteroatoms. The van der Waals surface area contributed by atoms with Gasteiger partial charge in [0.1, 0.15) is 5.84 Å². The minimum atomic E-state index is 1.04. The van der Waals surface area contributed by atoms with E-state index in [0.29, 0.717) is 0 Å². The van der Waals surface area contributed by atoms with Crippen LogP contribution in [-0.4, -0.2) is 48.9 Å². The number of nitrogens with zero attached hydrogens (tertiary/aromatic N) is 3. The summed E-state index contributed by atoms with van der Waals surface area (Å²) in [6, 6.07) is 10.9. The van der Waals surface area contributed by atoms with Crippen molar-refractivity contribution in [3.63, 3.8) is 0 Å². The third-order valence-corrected chi connectivity index (χ3v) is 6.09. The fourth-order valence-electron chi connectivity index (χ4n) is 3.70. The summed E-state index contributed by atoms with van der Waals surface area (Å²) >= 11 is 1.90. The number of amidine groups is 1.